The third-order valence-electron chi connectivity index (χ3n) is 3.42. The van der Waals surface area contributed by atoms with Crippen LogP contribution in [0.3, 0.4) is 0 Å². The summed E-state index contributed by atoms with van der Waals surface area (Å²) in [7, 11) is 0. The van der Waals surface area contributed by atoms with Gasteiger partial charge in [0.1, 0.15) is 0 Å². The first kappa shape index (κ1) is 12.5. The van der Waals surface area contributed by atoms with E-state index in [4.69, 9.17) is 16.3 Å². The second kappa shape index (κ2) is 5.60. The van der Waals surface area contributed by atoms with Gasteiger partial charge in [-0.15, -0.1) is 0 Å². The summed E-state index contributed by atoms with van der Waals surface area (Å²) in [6.45, 7) is 0.664. The van der Waals surface area contributed by atoms with Crippen molar-refractivity contribution in [1.29, 1.82) is 0 Å². The first-order valence-electron chi connectivity index (χ1n) is 6.44. The van der Waals surface area contributed by atoms with Gasteiger partial charge in [-0.05, 0) is 28.8 Å². The van der Waals surface area contributed by atoms with Crippen molar-refractivity contribution < 1.29 is 4.74 Å². The fourth-order valence-electron chi connectivity index (χ4n) is 2.39. The topological polar surface area (TPSA) is 9.23 Å². The molecule has 0 fully saturated rings. The Hall–Kier alpha value is -1.57. The molecule has 0 bridgehead atoms. The SMILES string of the molecule is Clc1ccc(C2CC(c3ccccc3)=CCO2)cc1. The van der Waals surface area contributed by atoms with Gasteiger partial charge in [0.05, 0.1) is 12.7 Å². The van der Waals surface area contributed by atoms with E-state index in [0.29, 0.717) is 6.61 Å². The highest BCUT2D eigenvalue weighted by atomic mass is 35.5. The van der Waals surface area contributed by atoms with Crippen LogP contribution in [0.5, 0.6) is 0 Å². The first-order valence-corrected chi connectivity index (χ1v) is 6.82. The van der Waals surface area contributed by atoms with Crippen LogP contribution in [-0.2, 0) is 4.74 Å². The Morgan fingerprint density at radius 1 is 0.947 bits per heavy atom. The number of halogens is 1. The summed E-state index contributed by atoms with van der Waals surface area (Å²) in [6, 6.07) is 18.4. The van der Waals surface area contributed by atoms with E-state index in [2.05, 4.69) is 30.3 Å². The molecule has 1 nitrogen and oxygen atoms in total. The molecule has 0 saturated heterocycles. The van der Waals surface area contributed by atoms with Crippen LogP contribution >= 0.6 is 11.6 Å². The van der Waals surface area contributed by atoms with Crippen molar-refractivity contribution in [3.05, 3.63) is 76.8 Å². The van der Waals surface area contributed by atoms with Gasteiger partial charge < -0.3 is 4.74 Å². The Kier molecular flexibility index (Phi) is 3.67. The summed E-state index contributed by atoms with van der Waals surface area (Å²) in [6.07, 6.45) is 3.20. The molecule has 0 spiro atoms. The van der Waals surface area contributed by atoms with Crippen molar-refractivity contribution in [2.75, 3.05) is 6.61 Å². The van der Waals surface area contributed by atoms with E-state index < -0.39 is 0 Å². The standard InChI is InChI=1S/C17H15ClO/c18-16-8-6-14(7-9-16)17-12-15(10-11-19-17)13-4-2-1-3-5-13/h1-10,17H,11-12H2. The van der Waals surface area contributed by atoms with E-state index in [-0.39, 0.29) is 6.10 Å². The minimum absolute atomic E-state index is 0.123. The molecule has 2 heteroatoms. The van der Waals surface area contributed by atoms with Crippen LogP contribution in [-0.4, -0.2) is 6.61 Å². The number of ether oxygens (including phenoxy) is 1. The molecular weight excluding hydrogens is 256 g/mol. The van der Waals surface area contributed by atoms with Crippen molar-refractivity contribution in [3.8, 4) is 0 Å². The monoisotopic (exact) mass is 270 g/mol. The molecule has 0 amide bonds. The molecule has 1 atom stereocenters. The van der Waals surface area contributed by atoms with Gasteiger partial charge in [-0.2, -0.15) is 0 Å². The lowest BCUT2D eigenvalue weighted by atomic mass is 9.94. The summed E-state index contributed by atoms with van der Waals surface area (Å²) in [4.78, 5) is 0. The van der Waals surface area contributed by atoms with E-state index >= 15 is 0 Å². The maximum atomic E-state index is 5.92. The molecular formula is C17H15ClO. The molecule has 19 heavy (non-hydrogen) atoms. The lowest BCUT2D eigenvalue weighted by Gasteiger charge is -2.24. The normalized spacial score (nSPS) is 19.0. The van der Waals surface area contributed by atoms with Crippen LogP contribution < -0.4 is 0 Å². The van der Waals surface area contributed by atoms with E-state index in [1.165, 1.54) is 16.7 Å². The van der Waals surface area contributed by atoms with E-state index in [9.17, 15) is 0 Å². The number of hydrogen-bond donors (Lipinski definition) is 0. The van der Waals surface area contributed by atoms with Crippen LogP contribution in [0.2, 0.25) is 5.02 Å². The second-order valence-corrected chi connectivity index (χ2v) is 5.11. The van der Waals surface area contributed by atoms with Gasteiger partial charge >= 0.3 is 0 Å². The molecule has 2 aromatic carbocycles. The Morgan fingerprint density at radius 3 is 2.42 bits per heavy atom. The molecule has 1 aliphatic rings. The highest BCUT2D eigenvalue weighted by molar-refractivity contribution is 6.30. The van der Waals surface area contributed by atoms with Crippen molar-refractivity contribution in [2.45, 2.75) is 12.5 Å². The van der Waals surface area contributed by atoms with Gasteiger partial charge in [-0.1, -0.05) is 60.1 Å². The second-order valence-electron chi connectivity index (χ2n) is 4.67. The molecule has 0 radical (unpaired) electrons. The quantitative estimate of drug-likeness (QED) is 0.755. The predicted molar refractivity (Wildman–Crippen MR) is 79.2 cm³/mol. The molecule has 96 valence electrons. The van der Waals surface area contributed by atoms with E-state index in [1.807, 2.05) is 30.3 Å². The number of rotatable bonds is 2. The van der Waals surface area contributed by atoms with Gasteiger partial charge in [-0.3, -0.25) is 0 Å². The molecule has 0 saturated carbocycles. The Morgan fingerprint density at radius 2 is 1.68 bits per heavy atom. The molecule has 0 aromatic heterocycles. The molecule has 1 unspecified atom stereocenters. The zero-order chi connectivity index (χ0) is 13.1. The molecule has 1 heterocycles. The minimum Gasteiger partial charge on any atom is -0.369 e. The van der Waals surface area contributed by atoms with Gasteiger partial charge in [-0.25, -0.2) is 0 Å². The van der Waals surface area contributed by atoms with Crippen molar-refractivity contribution >= 4 is 17.2 Å². The molecule has 0 N–H and O–H groups in total. The Balaban J connectivity index is 1.81. The van der Waals surface area contributed by atoms with Gasteiger partial charge in [0.2, 0.25) is 0 Å². The lowest BCUT2D eigenvalue weighted by molar-refractivity contribution is 0.0708. The third kappa shape index (κ3) is 2.89. The maximum absolute atomic E-state index is 5.92. The third-order valence-corrected chi connectivity index (χ3v) is 3.67. The first-order chi connectivity index (χ1) is 9.33. The Labute approximate surface area is 118 Å². The highest BCUT2D eigenvalue weighted by Gasteiger charge is 2.18. The summed E-state index contributed by atoms with van der Waals surface area (Å²) < 4.78 is 5.84. The summed E-state index contributed by atoms with van der Waals surface area (Å²) >= 11 is 5.92. The predicted octanol–water partition coefficient (Wildman–Crippen LogP) is 4.89. The summed E-state index contributed by atoms with van der Waals surface area (Å²) in [5.41, 5.74) is 3.82. The van der Waals surface area contributed by atoms with Gasteiger partial charge in [0, 0.05) is 11.4 Å². The highest BCUT2D eigenvalue weighted by Crippen LogP contribution is 2.33. The van der Waals surface area contributed by atoms with E-state index in [0.717, 1.165) is 11.4 Å². The zero-order valence-electron chi connectivity index (χ0n) is 10.6. The largest absolute Gasteiger partial charge is 0.369 e. The van der Waals surface area contributed by atoms with Crippen molar-refractivity contribution in [2.24, 2.45) is 0 Å². The van der Waals surface area contributed by atoms with Gasteiger partial charge in [0.15, 0.2) is 0 Å². The molecule has 1 aliphatic heterocycles. The van der Waals surface area contributed by atoms with Crippen molar-refractivity contribution in [1.82, 2.24) is 0 Å². The lowest BCUT2D eigenvalue weighted by Crippen LogP contribution is -2.10. The van der Waals surface area contributed by atoms with Gasteiger partial charge in [0.25, 0.3) is 0 Å². The smallest absolute Gasteiger partial charge is 0.0869 e. The van der Waals surface area contributed by atoms with E-state index in [1.54, 1.807) is 0 Å². The summed E-state index contributed by atoms with van der Waals surface area (Å²) in [5.74, 6) is 0. The number of hydrogen-bond acceptors (Lipinski definition) is 1. The van der Waals surface area contributed by atoms with Crippen LogP contribution in [0, 0.1) is 0 Å². The van der Waals surface area contributed by atoms with Crippen LogP contribution in [0.4, 0.5) is 0 Å². The minimum atomic E-state index is 0.123. The fraction of sp³-hybridized carbons (Fsp3) is 0.176. The fourth-order valence-corrected chi connectivity index (χ4v) is 2.51. The molecule has 2 aromatic rings. The zero-order valence-corrected chi connectivity index (χ0v) is 11.3. The van der Waals surface area contributed by atoms with Crippen LogP contribution in [0.15, 0.2) is 60.7 Å². The average molecular weight is 271 g/mol. The van der Waals surface area contributed by atoms with Crippen molar-refractivity contribution in [3.63, 3.8) is 0 Å². The van der Waals surface area contributed by atoms with Crippen LogP contribution in [0.25, 0.3) is 5.57 Å². The molecule has 0 aliphatic carbocycles. The maximum Gasteiger partial charge on any atom is 0.0869 e. The average Bonchev–Trinajstić information content (AvgIpc) is 2.49. The Bertz CT molecular complexity index is 572. The van der Waals surface area contributed by atoms with Crippen LogP contribution in [0.1, 0.15) is 23.7 Å². The number of benzene rings is 2. The molecule has 3 rings (SSSR count). The summed E-state index contributed by atoms with van der Waals surface area (Å²) in [5, 5.41) is 0.762.